The van der Waals surface area contributed by atoms with Gasteiger partial charge in [-0.05, 0) is 32.4 Å². The minimum absolute atomic E-state index is 0.226. The Morgan fingerprint density at radius 3 is 2.67 bits per heavy atom. The summed E-state index contributed by atoms with van der Waals surface area (Å²) >= 11 is 1.18. The number of hydrogen-bond donors (Lipinski definition) is 1. The fraction of sp³-hybridized carbons (Fsp3) is 0.286. The number of hydrogen-bond acceptors (Lipinski definition) is 6. The SMILES string of the molecule is CCOC(=O)c1sc(NC(=O)c2cnc(C)cn2)cc1C. The van der Waals surface area contributed by atoms with Gasteiger partial charge in [-0.15, -0.1) is 11.3 Å². The van der Waals surface area contributed by atoms with Crippen LogP contribution in [0.1, 0.15) is 38.3 Å². The first-order valence-electron chi connectivity index (χ1n) is 6.38. The minimum Gasteiger partial charge on any atom is -0.462 e. The lowest BCUT2D eigenvalue weighted by Crippen LogP contribution is -2.13. The molecule has 0 saturated heterocycles. The van der Waals surface area contributed by atoms with Crippen LogP contribution in [-0.2, 0) is 4.74 Å². The molecule has 0 bridgehead atoms. The van der Waals surface area contributed by atoms with Crippen LogP contribution >= 0.6 is 11.3 Å². The number of ether oxygens (including phenoxy) is 1. The van der Waals surface area contributed by atoms with Crippen LogP contribution in [0, 0.1) is 13.8 Å². The average Bonchev–Trinajstić information content (AvgIpc) is 2.80. The third-order valence-corrected chi connectivity index (χ3v) is 3.76. The molecule has 110 valence electrons. The average molecular weight is 305 g/mol. The van der Waals surface area contributed by atoms with Gasteiger partial charge < -0.3 is 10.1 Å². The number of amides is 1. The van der Waals surface area contributed by atoms with Crippen molar-refractivity contribution in [3.05, 3.63) is 40.3 Å². The molecule has 2 aromatic heterocycles. The Kier molecular flexibility index (Phi) is 4.64. The van der Waals surface area contributed by atoms with Crippen LogP contribution in [0.15, 0.2) is 18.5 Å². The predicted molar refractivity (Wildman–Crippen MR) is 79.7 cm³/mol. The maximum atomic E-state index is 12.0. The molecule has 7 heteroatoms. The topological polar surface area (TPSA) is 81.2 Å². The maximum absolute atomic E-state index is 12.0. The van der Waals surface area contributed by atoms with Gasteiger partial charge in [-0.2, -0.15) is 0 Å². The first-order valence-corrected chi connectivity index (χ1v) is 7.20. The Morgan fingerprint density at radius 2 is 2.05 bits per heavy atom. The fourth-order valence-corrected chi connectivity index (χ4v) is 2.59. The van der Waals surface area contributed by atoms with Crippen molar-refractivity contribution in [3.63, 3.8) is 0 Å². The monoisotopic (exact) mass is 305 g/mol. The van der Waals surface area contributed by atoms with Crippen molar-refractivity contribution in [2.45, 2.75) is 20.8 Å². The van der Waals surface area contributed by atoms with Gasteiger partial charge in [0.15, 0.2) is 0 Å². The highest BCUT2D eigenvalue weighted by atomic mass is 32.1. The predicted octanol–water partition coefficient (Wildman–Crippen LogP) is 2.58. The number of aromatic nitrogens is 2. The van der Waals surface area contributed by atoms with E-state index in [-0.39, 0.29) is 17.6 Å². The van der Waals surface area contributed by atoms with Gasteiger partial charge in [0.1, 0.15) is 10.6 Å². The van der Waals surface area contributed by atoms with Gasteiger partial charge in [0.25, 0.3) is 5.91 Å². The third-order valence-electron chi connectivity index (χ3n) is 2.63. The Morgan fingerprint density at radius 1 is 1.29 bits per heavy atom. The van der Waals surface area contributed by atoms with Crippen molar-refractivity contribution in [3.8, 4) is 0 Å². The second kappa shape index (κ2) is 6.45. The van der Waals surface area contributed by atoms with Crippen molar-refractivity contribution < 1.29 is 14.3 Å². The molecule has 0 aliphatic carbocycles. The summed E-state index contributed by atoms with van der Waals surface area (Å²) < 4.78 is 4.96. The van der Waals surface area contributed by atoms with E-state index < -0.39 is 0 Å². The summed E-state index contributed by atoms with van der Waals surface area (Å²) in [5, 5.41) is 3.28. The van der Waals surface area contributed by atoms with Gasteiger partial charge in [0.05, 0.1) is 23.5 Å². The number of carbonyl (C=O) groups excluding carboxylic acids is 2. The van der Waals surface area contributed by atoms with E-state index in [0.717, 1.165) is 11.3 Å². The molecule has 2 rings (SSSR count). The van der Waals surface area contributed by atoms with Gasteiger partial charge in [-0.3, -0.25) is 9.78 Å². The summed E-state index contributed by atoms with van der Waals surface area (Å²) in [6.07, 6.45) is 2.94. The second-order valence-corrected chi connectivity index (χ2v) is 5.39. The smallest absolute Gasteiger partial charge is 0.348 e. The molecule has 0 aromatic carbocycles. The lowest BCUT2D eigenvalue weighted by Gasteiger charge is -2.01. The maximum Gasteiger partial charge on any atom is 0.348 e. The van der Waals surface area contributed by atoms with Crippen molar-refractivity contribution in [2.75, 3.05) is 11.9 Å². The summed E-state index contributed by atoms with van der Waals surface area (Å²) in [7, 11) is 0. The summed E-state index contributed by atoms with van der Waals surface area (Å²) in [6.45, 7) is 5.66. The molecule has 21 heavy (non-hydrogen) atoms. The highest BCUT2D eigenvalue weighted by Crippen LogP contribution is 2.27. The van der Waals surface area contributed by atoms with Gasteiger partial charge in [-0.1, -0.05) is 0 Å². The number of carbonyl (C=O) groups is 2. The molecule has 2 aromatic rings. The van der Waals surface area contributed by atoms with E-state index in [1.54, 1.807) is 26.8 Å². The van der Waals surface area contributed by atoms with Crippen LogP contribution in [0.4, 0.5) is 5.00 Å². The largest absolute Gasteiger partial charge is 0.462 e. The lowest BCUT2D eigenvalue weighted by molar-refractivity contribution is 0.0531. The first kappa shape index (κ1) is 15.1. The molecule has 0 radical (unpaired) electrons. The minimum atomic E-state index is -0.379. The summed E-state index contributed by atoms with van der Waals surface area (Å²) in [5.74, 6) is -0.741. The van der Waals surface area contributed by atoms with E-state index in [1.807, 2.05) is 0 Å². The molecule has 0 fully saturated rings. The summed E-state index contributed by atoms with van der Waals surface area (Å²) in [6, 6.07) is 1.73. The molecular formula is C14H15N3O3S. The highest BCUT2D eigenvalue weighted by molar-refractivity contribution is 7.18. The van der Waals surface area contributed by atoms with Crippen LogP contribution in [0.5, 0.6) is 0 Å². The number of anilines is 1. The number of nitrogens with zero attached hydrogens (tertiary/aromatic N) is 2. The molecular weight excluding hydrogens is 290 g/mol. The molecule has 0 unspecified atom stereocenters. The van der Waals surface area contributed by atoms with Gasteiger partial charge in [0, 0.05) is 6.20 Å². The number of nitrogens with one attached hydrogen (secondary N) is 1. The molecule has 0 aliphatic heterocycles. The van der Waals surface area contributed by atoms with Crippen LogP contribution in [-0.4, -0.2) is 28.5 Å². The van der Waals surface area contributed by atoms with Crippen LogP contribution < -0.4 is 5.32 Å². The van der Waals surface area contributed by atoms with Gasteiger partial charge in [-0.25, -0.2) is 9.78 Å². The fourth-order valence-electron chi connectivity index (χ4n) is 1.63. The molecule has 0 spiro atoms. The molecule has 0 atom stereocenters. The van der Waals surface area contributed by atoms with E-state index in [0.29, 0.717) is 16.5 Å². The Hall–Kier alpha value is -2.28. The van der Waals surface area contributed by atoms with E-state index in [4.69, 9.17) is 4.74 Å². The highest BCUT2D eigenvalue weighted by Gasteiger charge is 2.16. The number of rotatable bonds is 4. The first-order chi connectivity index (χ1) is 10.0. The van der Waals surface area contributed by atoms with E-state index >= 15 is 0 Å². The lowest BCUT2D eigenvalue weighted by atomic mass is 10.3. The van der Waals surface area contributed by atoms with E-state index in [1.165, 1.54) is 23.7 Å². The number of aryl methyl sites for hydroxylation is 2. The van der Waals surface area contributed by atoms with Crippen LogP contribution in [0.3, 0.4) is 0 Å². The van der Waals surface area contributed by atoms with Crippen LogP contribution in [0.2, 0.25) is 0 Å². The molecule has 0 aliphatic rings. The third kappa shape index (κ3) is 3.63. The van der Waals surface area contributed by atoms with E-state index in [9.17, 15) is 9.59 Å². The van der Waals surface area contributed by atoms with Crippen molar-refractivity contribution in [1.82, 2.24) is 9.97 Å². The van der Waals surface area contributed by atoms with Crippen LogP contribution in [0.25, 0.3) is 0 Å². The normalized spacial score (nSPS) is 10.2. The zero-order valence-corrected chi connectivity index (χ0v) is 12.8. The van der Waals surface area contributed by atoms with Crippen molar-refractivity contribution >= 4 is 28.2 Å². The quantitative estimate of drug-likeness (QED) is 0.878. The molecule has 2 heterocycles. The Balaban J connectivity index is 2.13. The standard InChI is InChI=1S/C14H15N3O3S/c1-4-20-14(19)12-8(2)5-11(21-12)17-13(18)10-7-15-9(3)6-16-10/h5-7H,4H2,1-3H3,(H,17,18). The number of esters is 1. The molecule has 6 nitrogen and oxygen atoms in total. The molecule has 1 N–H and O–H groups in total. The summed E-state index contributed by atoms with van der Waals surface area (Å²) in [5.41, 5.74) is 1.73. The molecule has 0 saturated carbocycles. The zero-order chi connectivity index (χ0) is 15.4. The Labute approximate surface area is 126 Å². The Bertz CT molecular complexity index is 665. The van der Waals surface area contributed by atoms with Gasteiger partial charge in [0.2, 0.25) is 0 Å². The van der Waals surface area contributed by atoms with Gasteiger partial charge >= 0.3 is 5.97 Å². The second-order valence-electron chi connectivity index (χ2n) is 4.34. The molecule has 1 amide bonds. The zero-order valence-electron chi connectivity index (χ0n) is 12.0. The van der Waals surface area contributed by atoms with Crippen molar-refractivity contribution in [1.29, 1.82) is 0 Å². The summed E-state index contributed by atoms with van der Waals surface area (Å²) in [4.78, 5) is 32.3. The van der Waals surface area contributed by atoms with Crippen molar-refractivity contribution in [2.24, 2.45) is 0 Å². The number of thiophene rings is 1. The van der Waals surface area contributed by atoms with E-state index in [2.05, 4.69) is 15.3 Å².